The lowest BCUT2D eigenvalue weighted by Gasteiger charge is -2.14. The lowest BCUT2D eigenvalue weighted by atomic mass is 10.1. The van der Waals surface area contributed by atoms with E-state index < -0.39 is 10.9 Å². The second-order valence-corrected chi connectivity index (χ2v) is 5.47. The lowest BCUT2D eigenvalue weighted by molar-refractivity contribution is 0.518. The fourth-order valence-electron chi connectivity index (χ4n) is 2.57. The topological polar surface area (TPSA) is 89.2 Å². The molecular weight excluding hydrogens is 296 g/mol. The molecule has 0 aliphatic heterocycles. The Morgan fingerprint density at radius 3 is 2.30 bits per heavy atom. The molecule has 3 rings (SSSR count). The van der Waals surface area contributed by atoms with Gasteiger partial charge in [-0.15, -0.1) is 0 Å². The summed E-state index contributed by atoms with van der Waals surface area (Å²) in [6.07, 6.45) is 1.56. The normalized spacial score (nSPS) is 11.1. The van der Waals surface area contributed by atoms with Crippen molar-refractivity contribution in [3.63, 3.8) is 0 Å². The maximum absolute atomic E-state index is 11.8. The number of hydrogen-bond donors (Lipinski definition) is 2. The molecule has 0 aliphatic rings. The van der Waals surface area contributed by atoms with Crippen LogP contribution in [0.1, 0.15) is 22.7 Å². The van der Waals surface area contributed by atoms with Crippen LogP contribution in [0.25, 0.3) is 0 Å². The molecule has 0 saturated heterocycles. The number of furan rings is 1. The zero-order valence-corrected chi connectivity index (χ0v) is 13.3. The monoisotopic (exact) mass is 314 g/mol. The molecule has 2 aromatic heterocycles. The van der Waals surface area contributed by atoms with Gasteiger partial charge in [-0.3, -0.25) is 14.3 Å². The van der Waals surface area contributed by atoms with Gasteiger partial charge in [0.1, 0.15) is 17.1 Å². The van der Waals surface area contributed by atoms with Gasteiger partial charge in [0.2, 0.25) is 0 Å². The summed E-state index contributed by atoms with van der Waals surface area (Å²) in [5.74, 6) is 0.697. The fraction of sp³-hybridized carbons (Fsp3) is 0.312. The highest BCUT2D eigenvalue weighted by atomic mass is 16.3. The Labute approximate surface area is 132 Å². The number of nitrogens with one attached hydrogen (secondary N) is 2. The lowest BCUT2D eigenvalue weighted by Crippen LogP contribution is -2.37. The van der Waals surface area contributed by atoms with Gasteiger partial charge in [0, 0.05) is 24.8 Å². The third-order valence-electron chi connectivity index (χ3n) is 4.03. The molecule has 23 heavy (non-hydrogen) atoms. The minimum absolute atomic E-state index is 0.311. The van der Waals surface area contributed by atoms with Gasteiger partial charge in [-0.05, 0) is 26.0 Å². The van der Waals surface area contributed by atoms with Crippen LogP contribution in [-0.4, -0.2) is 9.78 Å². The van der Waals surface area contributed by atoms with Crippen molar-refractivity contribution < 1.29 is 4.42 Å². The Balaban J connectivity index is 1.72. The van der Waals surface area contributed by atoms with Crippen LogP contribution in [-0.2, 0) is 20.1 Å². The molecule has 7 heteroatoms. The Hall–Kier alpha value is -2.83. The number of aryl methyl sites for hydroxylation is 2. The van der Waals surface area contributed by atoms with Crippen molar-refractivity contribution in [3.05, 3.63) is 61.6 Å². The SMILES string of the molecule is Cc1nn(C)c(C)c1CNc1c(NCc2ccco2)c(=O)c1=O. The second-order valence-electron chi connectivity index (χ2n) is 5.47. The summed E-state index contributed by atoms with van der Waals surface area (Å²) in [5.41, 5.74) is 2.59. The van der Waals surface area contributed by atoms with Crippen LogP contribution in [0, 0.1) is 13.8 Å². The minimum atomic E-state index is -0.501. The predicted octanol–water partition coefficient (Wildman–Crippen LogP) is 1.45. The molecule has 0 unspecified atom stereocenters. The third kappa shape index (κ3) is 2.65. The first-order valence-electron chi connectivity index (χ1n) is 7.31. The maximum atomic E-state index is 11.8. The standard InChI is InChI=1S/C16H18N4O3/c1-9-12(10(2)20(3)19-9)8-18-14-13(15(21)16(14)22)17-7-11-5-4-6-23-11/h4-6,17-18H,7-8H2,1-3H3. The fourth-order valence-corrected chi connectivity index (χ4v) is 2.57. The highest BCUT2D eigenvalue weighted by Crippen LogP contribution is 2.19. The maximum Gasteiger partial charge on any atom is 0.253 e. The van der Waals surface area contributed by atoms with Crippen LogP contribution in [0.5, 0.6) is 0 Å². The van der Waals surface area contributed by atoms with E-state index in [1.165, 1.54) is 0 Å². The summed E-state index contributed by atoms with van der Waals surface area (Å²) in [7, 11) is 1.87. The van der Waals surface area contributed by atoms with Crippen molar-refractivity contribution in [2.75, 3.05) is 10.6 Å². The van der Waals surface area contributed by atoms with Gasteiger partial charge in [0.25, 0.3) is 10.9 Å². The van der Waals surface area contributed by atoms with E-state index in [1.807, 2.05) is 20.9 Å². The van der Waals surface area contributed by atoms with Crippen LogP contribution in [0.4, 0.5) is 11.4 Å². The van der Waals surface area contributed by atoms with Crippen molar-refractivity contribution in [2.24, 2.45) is 7.05 Å². The average Bonchev–Trinajstić information content (AvgIpc) is 3.12. The molecule has 0 bridgehead atoms. The van der Waals surface area contributed by atoms with Crippen LogP contribution in [0.15, 0.2) is 32.4 Å². The Kier molecular flexibility index (Phi) is 3.77. The van der Waals surface area contributed by atoms with Crippen LogP contribution >= 0.6 is 0 Å². The Morgan fingerprint density at radius 1 is 1.13 bits per heavy atom. The molecule has 0 amide bonds. The summed E-state index contributed by atoms with van der Waals surface area (Å²) < 4.78 is 7.00. The van der Waals surface area contributed by atoms with E-state index in [4.69, 9.17) is 4.42 Å². The number of anilines is 2. The van der Waals surface area contributed by atoms with Gasteiger partial charge in [-0.25, -0.2) is 0 Å². The molecule has 1 aromatic carbocycles. The summed E-state index contributed by atoms with van der Waals surface area (Å²) in [6, 6.07) is 3.57. The number of hydrogen-bond acceptors (Lipinski definition) is 6. The minimum Gasteiger partial charge on any atom is -0.467 e. The van der Waals surface area contributed by atoms with Crippen molar-refractivity contribution in [2.45, 2.75) is 26.9 Å². The van der Waals surface area contributed by atoms with Crippen LogP contribution in [0.3, 0.4) is 0 Å². The first kappa shape index (κ1) is 15.1. The number of aromatic nitrogens is 2. The molecule has 0 aliphatic carbocycles. The Bertz CT molecular complexity index is 899. The van der Waals surface area contributed by atoms with E-state index in [-0.39, 0.29) is 0 Å². The van der Waals surface area contributed by atoms with Crippen molar-refractivity contribution >= 4 is 11.4 Å². The van der Waals surface area contributed by atoms with Crippen molar-refractivity contribution in [3.8, 4) is 0 Å². The molecule has 7 nitrogen and oxygen atoms in total. The molecule has 0 fully saturated rings. The van der Waals surface area contributed by atoms with Gasteiger partial charge in [-0.1, -0.05) is 0 Å². The molecule has 2 heterocycles. The zero-order valence-electron chi connectivity index (χ0n) is 13.3. The van der Waals surface area contributed by atoms with Gasteiger partial charge < -0.3 is 15.1 Å². The molecule has 0 saturated carbocycles. The van der Waals surface area contributed by atoms with Gasteiger partial charge in [-0.2, -0.15) is 5.10 Å². The number of nitrogens with zero attached hydrogens (tertiary/aromatic N) is 2. The van der Waals surface area contributed by atoms with Crippen LogP contribution in [0.2, 0.25) is 0 Å². The molecule has 2 N–H and O–H groups in total. The predicted molar refractivity (Wildman–Crippen MR) is 87.4 cm³/mol. The molecule has 0 atom stereocenters. The van der Waals surface area contributed by atoms with Gasteiger partial charge in [0.05, 0.1) is 18.5 Å². The summed E-state index contributed by atoms with van der Waals surface area (Å²) in [4.78, 5) is 23.5. The first-order chi connectivity index (χ1) is 11.0. The smallest absolute Gasteiger partial charge is 0.253 e. The van der Waals surface area contributed by atoms with Crippen LogP contribution < -0.4 is 21.5 Å². The largest absolute Gasteiger partial charge is 0.467 e. The van der Waals surface area contributed by atoms with E-state index in [0.717, 1.165) is 17.0 Å². The van der Waals surface area contributed by atoms with E-state index >= 15 is 0 Å². The molecule has 3 aromatic rings. The third-order valence-corrected chi connectivity index (χ3v) is 4.03. The van der Waals surface area contributed by atoms with Crippen molar-refractivity contribution in [1.29, 1.82) is 0 Å². The van der Waals surface area contributed by atoms with Gasteiger partial charge >= 0.3 is 0 Å². The van der Waals surface area contributed by atoms with E-state index in [2.05, 4.69) is 15.7 Å². The van der Waals surface area contributed by atoms with Crippen molar-refractivity contribution in [1.82, 2.24) is 9.78 Å². The molecular formula is C16H18N4O3. The highest BCUT2D eigenvalue weighted by molar-refractivity contribution is 5.74. The highest BCUT2D eigenvalue weighted by Gasteiger charge is 2.21. The first-order valence-corrected chi connectivity index (χ1v) is 7.31. The van der Waals surface area contributed by atoms with Gasteiger partial charge in [0.15, 0.2) is 0 Å². The van der Waals surface area contributed by atoms with E-state index in [1.54, 1.807) is 23.1 Å². The summed E-state index contributed by atoms with van der Waals surface area (Å²) in [5, 5.41) is 10.3. The summed E-state index contributed by atoms with van der Waals surface area (Å²) >= 11 is 0. The average molecular weight is 314 g/mol. The summed E-state index contributed by atoms with van der Waals surface area (Å²) in [6.45, 7) is 4.70. The van der Waals surface area contributed by atoms with E-state index in [9.17, 15) is 9.59 Å². The number of rotatable bonds is 6. The quantitative estimate of drug-likeness (QED) is 0.669. The Morgan fingerprint density at radius 2 is 1.78 bits per heavy atom. The second kappa shape index (κ2) is 5.75. The zero-order chi connectivity index (χ0) is 16.6. The molecule has 120 valence electrons. The molecule has 0 radical (unpaired) electrons. The van der Waals surface area contributed by atoms with E-state index in [0.29, 0.717) is 30.2 Å². The molecule has 0 spiro atoms.